The van der Waals surface area contributed by atoms with Gasteiger partial charge < -0.3 is 20.6 Å². The van der Waals surface area contributed by atoms with Crippen LogP contribution in [0.3, 0.4) is 0 Å². The molecule has 0 saturated carbocycles. The number of nitrogens with one attached hydrogen (secondary N) is 3. The number of rotatable bonds is 5. The summed E-state index contributed by atoms with van der Waals surface area (Å²) in [5, 5.41) is 31.0. The first kappa shape index (κ1) is 25.8. The van der Waals surface area contributed by atoms with E-state index in [0.717, 1.165) is 28.1 Å². The molecule has 3 aromatic heterocycles. The van der Waals surface area contributed by atoms with Crippen molar-refractivity contribution in [2.45, 2.75) is 52.2 Å². The fraction of sp³-hybridized carbons (Fsp3) is 0.346. The standard InChI is InChI=1S/C26H30N10O3/c1-15-21(12-28-32-15)31-24-27-9-7-19(30-24)16-5-6-18-17(11-16)13-35(25(38)39)10-8-20(18)29-23(37)22-14-36(34-33-22)26(2,3)4/h5-7,9,11-12,14,20H,8,10,13H2,1-4H3,(H,28,32)(H,29,37)(H,38,39)(H,27,30,31)/t20-/m1/s1. The molecule has 1 atom stereocenters. The third kappa shape index (κ3) is 5.56. The van der Waals surface area contributed by atoms with Gasteiger partial charge in [-0.2, -0.15) is 5.10 Å². The number of H-pyrrole nitrogens is 1. The summed E-state index contributed by atoms with van der Waals surface area (Å²) in [4.78, 5) is 35.3. The molecule has 0 bridgehead atoms. The van der Waals surface area contributed by atoms with Gasteiger partial charge in [-0.3, -0.25) is 9.89 Å². The van der Waals surface area contributed by atoms with E-state index in [2.05, 4.69) is 41.1 Å². The molecule has 13 heteroatoms. The summed E-state index contributed by atoms with van der Waals surface area (Å²) in [5.41, 5.74) is 4.55. The lowest BCUT2D eigenvalue weighted by Gasteiger charge is -2.19. The number of carbonyl (C=O) groups is 2. The van der Waals surface area contributed by atoms with Crippen molar-refractivity contribution in [3.8, 4) is 11.3 Å². The van der Waals surface area contributed by atoms with Crippen LogP contribution < -0.4 is 10.6 Å². The molecule has 0 fully saturated rings. The van der Waals surface area contributed by atoms with Crippen molar-refractivity contribution in [1.29, 1.82) is 0 Å². The molecule has 0 radical (unpaired) electrons. The lowest BCUT2D eigenvalue weighted by Crippen LogP contribution is -2.32. The first-order chi connectivity index (χ1) is 18.6. The maximum Gasteiger partial charge on any atom is 0.407 e. The van der Waals surface area contributed by atoms with Gasteiger partial charge in [-0.15, -0.1) is 5.10 Å². The number of hydrogen-bond acceptors (Lipinski definition) is 8. The number of hydrogen-bond donors (Lipinski definition) is 4. The quantitative estimate of drug-likeness (QED) is 0.301. The number of carbonyl (C=O) groups excluding carboxylic acids is 1. The Labute approximate surface area is 224 Å². The van der Waals surface area contributed by atoms with Crippen LogP contribution in [0.25, 0.3) is 11.3 Å². The zero-order valence-electron chi connectivity index (χ0n) is 22.1. The van der Waals surface area contributed by atoms with Crippen molar-refractivity contribution in [3.05, 3.63) is 65.4 Å². The highest BCUT2D eigenvalue weighted by molar-refractivity contribution is 5.92. The van der Waals surface area contributed by atoms with E-state index in [-0.39, 0.29) is 30.2 Å². The first-order valence-electron chi connectivity index (χ1n) is 12.5. The van der Waals surface area contributed by atoms with Gasteiger partial charge in [-0.1, -0.05) is 17.3 Å². The van der Waals surface area contributed by atoms with Crippen LogP contribution in [0.15, 0.2) is 42.9 Å². The third-order valence-corrected chi connectivity index (χ3v) is 6.59. The van der Waals surface area contributed by atoms with E-state index in [0.29, 0.717) is 18.1 Å². The van der Waals surface area contributed by atoms with Crippen LogP contribution in [0, 0.1) is 6.92 Å². The second kappa shape index (κ2) is 10.2. The third-order valence-electron chi connectivity index (χ3n) is 6.59. The Morgan fingerprint density at radius 3 is 2.72 bits per heavy atom. The Morgan fingerprint density at radius 2 is 2.03 bits per heavy atom. The summed E-state index contributed by atoms with van der Waals surface area (Å²) < 4.78 is 1.64. The highest BCUT2D eigenvalue weighted by Gasteiger charge is 2.28. The van der Waals surface area contributed by atoms with Gasteiger partial charge in [0.2, 0.25) is 5.95 Å². The monoisotopic (exact) mass is 530 g/mol. The van der Waals surface area contributed by atoms with Crippen molar-refractivity contribution < 1.29 is 14.7 Å². The molecule has 13 nitrogen and oxygen atoms in total. The summed E-state index contributed by atoms with van der Waals surface area (Å²) in [6, 6.07) is 7.14. The predicted molar refractivity (Wildman–Crippen MR) is 142 cm³/mol. The van der Waals surface area contributed by atoms with Crippen LogP contribution in [-0.2, 0) is 12.1 Å². The Bertz CT molecular complexity index is 1520. The van der Waals surface area contributed by atoms with Gasteiger partial charge in [0.15, 0.2) is 5.69 Å². The summed E-state index contributed by atoms with van der Waals surface area (Å²) in [5.74, 6) is 0.0444. The lowest BCUT2D eigenvalue weighted by molar-refractivity contribution is 0.0928. The molecule has 4 aromatic rings. The average molecular weight is 531 g/mol. The number of aromatic nitrogens is 7. The van der Waals surface area contributed by atoms with Gasteiger partial charge in [-0.05, 0) is 57.4 Å². The van der Waals surface area contributed by atoms with Crippen molar-refractivity contribution in [1.82, 2.24) is 45.4 Å². The minimum Gasteiger partial charge on any atom is -0.465 e. The highest BCUT2D eigenvalue weighted by atomic mass is 16.4. The van der Waals surface area contributed by atoms with Crippen LogP contribution in [0.1, 0.15) is 60.5 Å². The van der Waals surface area contributed by atoms with E-state index >= 15 is 0 Å². The second-order valence-corrected chi connectivity index (χ2v) is 10.4. The number of aromatic amines is 1. The molecule has 0 spiro atoms. The summed E-state index contributed by atoms with van der Waals surface area (Å²) in [6.45, 7) is 8.24. The minimum absolute atomic E-state index is 0.190. The summed E-state index contributed by atoms with van der Waals surface area (Å²) in [6.07, 6.45) is 4.40. The molecule has 4 N–H and O–H groups in total. The predicted octanol–water partition coefficient (Wildman–Crippen LogP) is 3.62. The number of aryl methyl sites for hydroxylation is 1. The Balaban J connectivity index is 1.43. The molecular formula is C26H30N10O3. The topological polar surface area (TPSA) is 167 Å². The van der Waals surface area contributed by atoms with Gasteiger partial charge in [0, 0.05) is 31.0 Å². The number of amides is 2. The van der Waals surface area contributed by atoms with Gasteiger partial charge in [0.1, 0.15) is 0 Å². The first-order valence-corrected chi connectivity index (χ1v) is 12.5. The molecule has 0 unspecified atom stereocenters. The smallest absolute Gasteiger partial charge is 0.407 e. The number of anilines is 2. The Kier molecular flexibility index (Phi) is 6.73. The molecule has 1 aromatic carbocycles. The van der Waals surface area contributed by atoms with Crippen molar-refractivity contribution in [3.63, 3.8) is 0 Å². The molecule has 2 amide bonds. The van der Waals surface area contributed by atoms with E-state index in [1.54, 1.807) is 29.3 Å². The van der Waals surface area contributed by atoms with Crippen LogP contribution in [0.4, 0.5) is 16.4 Å². The molecule has 0 aliphatic carbocycles. The Hall–Kier alpha value is -4.81. The minimum atomic E-state index is -1.02. The summed E-state index contributed by atoms with van der Waals surface area (Å²) in [7, 11) is 0. The fourth-order valence-electron chi connectivity index (χ4n) is 4.39. The lowest BCUT2D eigenvalue weighted by atomic mass is 9.96. The van der Waals surface area contributed by atoms with E-state index in [9.17, 15) is 14.7 Å². The zero-order chi connectivity index (χ0) is 27.7. The second-order valence-electron chi connectivity index (χ2n) is 10.4. The highest BCUT2D eigenvalue weighted by Crippen LogP contribution is 2.31. The van der Waals surface area contributed by atoms with Gasteiger partial charge in [0.05, 0.1) is 34.9 Å². The Morgan fingerprint density at radius 1 is 1.21 bits per heavy atom. The summed E-state index contributed by atoms with van der Waals surface area (Å²) >= 11 is 0. The van der Waals surface area contributed by atoms with E-state index in [1.165, 1.54) is 4.90 Å². The largest absolute Gasteiger partial charge is 0.465 e. The van der Waals surface area contributed by atoms with E-state index in [1.807, 2.05) is 45.9 Å². The van der Waals surface area contributed by atoms with Crippen molar-refractivity contribution >= 4 is 23.6 Å². The molecule has 4 heterocycles. The zero-order valence-corrected chi connectivity index (χ0v) is 22.1. The molecule has 202 valence electrons. The van der Waals surface area contributed by atoms with E-state index < -0.39 is 12.1 Å². The van der Waals surface area contributed by atoms with E-state index in [4.69, 9.17) is 0 Å². The SMILES string of the molecule is Cc1n[nH]cc1Nc1nccc(-c2ccc3c(c2)CN(C(=O)O)CC[C@H]3NC(=O)c2cn(C(C)(C)C)nn2)n1. The number of nitrogens with zero attached hydrogens (tertiary/aromatic N) is 7. The van der Waals surface area contributed by atoms with Crippen molar-refractivity contribution in [2.24, 2.45) is 0 Å². The molecule has 1 aliphatic heterocycles. The molecule has 5 rings (SSSR count). The van der Waals surface area contributed by atoms with Crippen LogP contribution in [-0.4, -0.2) is 63.7 Å². The maximum absolute atomic E-state index is 13.1. The van der Waals surface area contributed by atoms with Crippen molar-refractivity contribution in [2.75, 3.05) is 11.9 Å². The van der Waals surface area contributed by atoms with Gasteiger partial charge in [-0.25, -0.2) is 19.4 Å². The number of benzene rings is 1. The number of fused-ring (bicyclic) bond motifs is 1. The van der Waals surface area contributed by atoms with Crippen LogP contribution in [0.5, 0.6) is 0 Å². The van der Waals surface area contributed by atoms with Crippen LogP contribution in [0.2, 0.25) is 0 Å². The maximum atomic E-state index is 13.1. The van der Waals surface area contributed by atoms with Gasteiger partial charge >= 0.3 is 6.09 Å². The molecule has 1 aliphatic rings. The molecular weight excluding hydrogens is 500 g/mol. The number of carboxylic acid groups (broad SMARTS) is 1. The van der Waals surface area contributed by atoms with Gasteiger partial charge in [0.25, 0.3) is 5.91 Å². The molecule has 39 heavy (non-hydrogen) atoms. The average Bonchev–Trinajstić information content (AvgIpc) is 3.51. The fourth-order valence-corrected chi connectivity index (χ4v) is 4.39. The van der Waals surface area contributed by atoms with Crippen LogP contribution >= 0.6 is 0 Å². The normalized spacial score (nSPS) is 15.4. The molecule has 0 saturated heterocycles.